The molecule has 0 amide bonds. The van der Waals surface area contributed by atoms with Crippen LogP contribution < -0.4 is 16.0 Å². The highest BCUT2D eigenvalue weighted by Gasteiger charge is 2.04. The Hall–Kier alpha value is -2.63. The van der Waals surface area contributed by atoms with Gasteiger partial charge < -0.3 is 16.0 Å². The molecule has 0 aliphatic carbocycles. The van der Waals surface area contributed by atoms with Crippen molar-refractivity contribution in [2.45, 2.75) is 19.9 Å². The molecule has 0 heterocycles. The third-order valence-corrected chi connectivity index (χ3v) is 3.51. The van der Waals surface area contributed by atoms with Crippen molar-refractivity contribution in [1.29, 1.82) is 0 Å². The van der Waals surface area contributed by atoms with Gasteiger partial charge in [-0.1, -0.05) is 18.2 Å². The lowest BCUT2D eigenvalue weighted by atomic mass is 10.2. The van der Waals surface area contributed by atoms with Gasteiger partial charge in [0.1, 0.15) is 11.6 Å². The summed E-state index contributed by atoms with van der Waals surface area (Å²) in [5.74, 6) is -0.324. The number of hydrogen-bond acceptors (Lipinski definition) is 2. The topological polar surface area (TPSA) is 48.5 Å². The summed E-state index contributed by atoms with van der Waals surface area (Å²) in [6, 6.07) is 13.4. The van der Waals surface area contributed by atoms with Crippen molar-refractivity contribution in [2.24, 2.45) is 4.99 Å². The number of nitrogens with zero attached hydrogens (tertiary/aromatic N) is 1. The Bertz CT molecular complexity index is 674. The van der Waals surface area contributed by atoms with Crippen molar-refractivity contribution >= 4 is 11.6 Å². The summed E-state index contributed by atoms with van der Waals surface area (Å²) in [5, 5.41) is 9.62. The van der Waals surface area contributed by atoms with Gasteiger partial charge in [-0.2, -0.15) is 0 Å². The van der Waals surface area contributed by atoms with E-state index in [1.54, 1.807) is 0 Å². The van der Waals surface area contributed by atoms with Crippen LogP contribution in [0.3, 0.4) is 0 Å². The minimum absolute atomic E-state index is 0.0845. The first-order valence-electron chi connectivity index (χ1n) is 8.44. The number of anilines is 1. The fourth-order valence-corrected chi connectivity index (χ4v) is 2.25. The number of rotatable bonds is 8. The lowest BCUT2D eigenvalue weighted by molar-refractivity contribution is 0.585. The first-order valence-corrected chi connectivity index (χ1v) is 8.44. The molecule has 0 unspecified atom stereocenters. The minimum Gasteiger partial charge on any atom is -0.385 e. The van der Waals surface area contributed by atoms with Crippen LogP contribution in [-0.4, -0.2) is 25.6 Å². The fraction of sp³-hybridized carbons (Fsp3) is 0.316. The SMILES string of the molecule is CCNC(=NCc1cc(F)ccc1F)NCCCNc1ccccc1. The van der Waals surface area contributed by atoms with Crippen LogP contribution in [0.2, 0.25) is 0 Å². The van der Waals surface area contributed by atoms with Crippen LogP contribution in [0.1, 0.15) is 18.9 Å². The van der Waals surface area contributed by atoms with Gasteiger partial charge in [-0.05, 0) is 43.7 Å². The molecule has 0 saturated carbocycles. The number of nitrogens with one attached hydrogen (secondary N) is 3. The predicted octanol–water partition coefficient (Wildman–Crippen LogP) is 3.52. The van der Waals surface area contributed by atoms with E-state index in [2.05, 4.69) is 20.9 Å². The van der Waals surface area contributed by atoms with Crippen LogP contribution in [0.15, 0.2) is 53.5 Å². The summed E-state index contributed by atoms with van der Waals surface area (Å²) in [7, 11) is 0. The summed E-state index contributed by atoms with van der Waals surface area (Å²) in [4.78, 5) is 4.31. The maximum absolute atomic E-state index is 13.6. The lowest BCUT2D eigenvalue weighted by Gasteiger charge is -2.12. The second-order valence-electron chi connectivity index (χ2n) is 5.50. The monoisotopic (exact) mass is 346 g/mol. The highest BCUT2D eigenvalue weighted by Crippen LogP contribution is 2.10. The largest absolute Gasteiger partial charge is 0.385 e. The van der Waals surface area contributed by atoms with Gasteiger partial charge in [-0.15, -0.1) is 0 Å². The van der Waals surface area contributed by atoms with E-state index in [1.807, 2.05) is 37.3 Å². The molecule has 2 aromatic carbocycles. The molecule has 4 nitrogen and oxygen atoms in total. The van der Waals surface area contributed by atoms with Crippen molar-refractivity contribution in [3.63, 3.8) is 0 Å². The molecule has 0 fully saturated rings. The zero-order chi connectivity index (χ0) is 17.9. The Kier molecular flexibility index (Phi) is 7.69. The van der Waals surface area contributed by atoms with Gasteiger partial charge in [-0.3, -0.25) is 0 Å². The molecule has 0 aliphatic heterocycles. The molecule has 3 N–H and O–H groups in total. The zero-order valence-corrected chi connectivity index (χ0v) is 14.4. The number of hydrogen-bond donors (Lipinski definition) is 3. The quantitative estimate of drug-likeness (QED) is 0.389. The average Bonchev–Trinajstić information content (AvgIpc) is 2.62. The number of guanidine groups is 1. The second kappa shape index (κ2) is 10.3. The Morgan fingerprint density at radius 1 is 1.00 bits per heavy atom. The van der Waals surface area contributed by atoms with E-state index in [4.69, 9.17) is 0 Å². The molecule has 0 bridgehead atoms. The summed E-state index contributed by atoms with van der Waals surface area (Å²) in [6.07, 6.45) is 0.896. The lowest BCUT2D eigenvalue weighted by Crippen LogP contribution is -2.38. The number of para-hydroxylation sites is 1. The van der Waals surface area contributed by atoms with Crippen LogP contribution in [0.5, 0.6) is 0 Å². The Morgan fingerprint density at radius 3 is 2.56 bits per heavy atom. The van der Waals surface area contributed by atoms with Gasteiger partial charge in [-0.25, -0.2) is 13.8 Å². The predicted molar refractivity (Wildman–Crippen MR) is 98.7 cm³/mol. The van der Waals surface area contributed by atoms with E-state index in [0.717, 1.165) is 37.3 Å². The van der Waals surface area contributed by atoms with Crippen molar-refractivity contribution in [3.8, 4) is 0 Å². The Balaban J connectivity index is 1.78. The molecular weight excluding hydrogens is 322 g/mol. The van der Waals surface area contributed by atoms with Crippen LogP contribution in [-0.2, 0) is 6.54 Å². The van der Waals surface area contributed by atoms with Crippen LogP contribution in [0.4, 0.5) is 14.5 Å². The summed E-state index contributed by atoms with van der Waals surface area (Å²) >= 11 is 0. The fourth-order valence-electron chi connectivity index (χ4n) is 2.25. The molecule has 0 atom stereocenters. The third kappa shape index (κ3) is 6.79. The average molecular weight is 346 g/mol. The molecule has 0 aromatic heterocycles. The van der Waals surface area contributed by atoms with Gasteiger partial charge in [0.15, 0.2) is 5.96 Å². The summed E-state index contributed by atoms with van der Waals surface area (Å²) in [6.45, 7) is 4.28. The molecule has 0 radical (unpaired) electrons. The van der Waals surface area contributed by atoms with Gasteiger partial charge in [0.2, 0.25) is 0 Å². The van der Waals surface area contributed by atoms with Crippen LogP contribution in [0, 0.1) is 11.6 Å². The third-order valence-electron chi connectivity index (χ3n) is 3.51. The molecule has 2 rings (SSSR count). The molecule has 0 aliphatic rings. The van der Waals surface area contributed by atoms with Crippen molar-refractivity contribution in [3.05, 3.63) is 65.7 Å². The van der Waals surface area contributed by atoms with Crippen LogP contribution >= 0.6 is 0 Å². The Morgan fingerprint density at radius 2 is 1.80 bits per heavy atom. The molecule has 134 valence electrons. The van der Waals surface area contributed by atoms with Gasteiger partial charge >= 0.3 is 0 Å². The van der Waals surface area contributed by atoms with Gasteiger partial charge in [0.25, 0.3) is 0 Å². The molecule has 0 saturated heterocycles. The van der Waals surface area contributed by atoms with Crippen molar-refractivity contribution < 1.29 is 8.78 Å². The van der Waals surface area contributed by atoms with E-state index in [1.165, 1.54) is 6.07 Å². The van der Waals surface area contributed by atoms with E-state index in [0.29, 0.717) is 12.5 Å². The Labute approximate surface area is 147 Å². The first-order chi connectivity index (χ1) is 12.2. The van der Waals surface area contributed by atoms with E-state index in [9.17, 15) is 8.78 Å². The second-order valence-corrected chi connectivity index (χ2v) is 5.50. The molecular formula is C19H24F2N4. The molecule has 25 heavy (non-hydrogen) atoms. The maximum Gasteiger partial charge on any atom is 0.191 e. The van der Waals surface area contributed by atoms with Crippen molar-refractivity contribution in [2.75, 3.05) is 25.0 Å². The maximum atomic E-state index is 13.6. The van der Waals surface area contributed by atoms with Gasteiger partial charge in [0.05, 0.1) is 6.54 Å². The number of benzene rings is 2. The normalized spacial score (nSPS) is 11.2. The van der Waals surface area contributed by atoms with Crippen LogP contribution in [0.25, 0.3) is 0 Å². The standard InChI is InChI=1S/C19H24F2N4/c1-2-22-19(25-14-15-13-16(20)9-10-18(15)21)24-12-6-11-23-17-7-4-3-5-8-17/h3-5,7-10,13,23H,2,6,11-12,14H2,1H3,(H2,22,24,25). The highest BCUT2D eigenvalue weighted by atomic mass is 19.1. The minimum atomic E-state index is -0.462. The van der Waals surface area contributed by atoms with Gasteiger partial charge in [0, 0.05) is 30.9 Å². The van der Waals surface area contributed by atoms with E-state index < -0.39 is 11.6 Å². The molecule has 6 heteroatoms. The van der Waals surface area contributed by atoms with Crippen molar-refractivity contribution in [1.82, 2.24) is 10.6 Å². The molecule has 0 spiro atoms. The number of aliphatic imine (C=N–C) groups is 1. The first kappa shape index (κ1) is 18.7. The summed E-state index contributed by atoms with van der Waals surface area (Å²) in [5.41, 5.74) is 1.33. The summed E-state index contributed by atoms with van der Waals surface area (Å²) < 4.78 is 26.8. The zero-order valence-electron chi connectivity index (χ0n) is 14.4. The van der Waals surface area contributed by atoms with E-state index in [-0.39, 0.29) is 12.1 Å². The molecule has 2 aromatic rings. The highest BCUT2D eigenvalue weighted by molar-refractivity contribution is 5.79. The van der Waals surface area contributed by atoms with E-state index >= 15 is 0 Å². The number of halogens is 2. The smallest absolute Gasteiger partial charge is 0.191 e.